The van der Waals surface area contributed by atoms with Crippen molar-refractivity contribution in [3.05, 3.63) is 52.2 Å². The van der Waals surface area contributed by atoms with Gasteiger partial charge < -0.3 is 18.6 Å². The maximum absolute atomic E-state index is 13.0. The number of hydrogen-bond acceptors (Lipinski definition) is 5. The van der Waals surface area contributed by atoms with Gasteiger partial charge >= 0.3 is 0 Å². The van der Waals surface area contributed by atoms with Crippen LogP contribution in [0.25, 0.3) is 22.3 Å². The highest BCUT2D eigenvalue weighted by atomic mass is 16.5. The first-order valence-corrected chi connectivity index (χ1v) is 8.51. The van der Waals surface area contributed by atoms with Crippen molar-refractivity contribution in [2.45, 2.75) is 20.3 Å². The van der Waals surface area contributed by atoms with Crippen molar-refractivity contribution >= 4 is 11.0 Å². The van der Waals surface area contributed by atoms with Crippen LogP contribution in [0, 0.1) is 6.92 Å². The molecule has 0 aliphatic carbocycles. The summed E-state index contributed by atoms with van der Waals surface area (Å²) in [6.45, 7) is 4.38. The van der Waals surface area contributed by atoms with Gasteiger partial charge in [0.25, 0.3) is 0 Å². The lowest BCUT2D eigenvalue weighted by atomic mass is 10.1. The summed E-state index contributed by atoms with van der Waals surface area (Å²) < 4.78 is 22.5. The normalized spacial score (nSPS) is 10.8. The van der Waals surface area contributed by atoms with Crippen molar-refractivity contribution in [1.82, 2.24) is 0 Å². The molecule has 136 valence electrons. The van der Waals surface area contributed by atoms with Crippen LogP contribution in [-0.2, 0) is 0 Å². The number of aryl methyl sites for hydroxylation is 1. The van der Waals surface area contributed by atoms with E-state index in [9.17, 15) is 4.79 Å². The number of hydrogen-bond donors (Lipinski definition) is 0. The summed E-state index contributed by atoms with van der Waals surface area (Å²) in [5.41, 5.74) is 2.06. The first-order valence-electron chi connectivity index (χ1n) is 8.51. The van der Waals surface area contributed by atoms with Gasteiger partial charge in [0.15, 0.2) is 17.3 Å². The molecule has 0 fully saturated rings. The maximum Gasteiger partial charge on any atom is 0.235 e. The third-order valence-corrected chi connectivity index (χ3v) is 4.10. The molecule has 3 rings (SSSR count). The molecule has 0 amide bonds. The van der Waals surface area contributed by atoms with Crippen molar-refractivity contribution in [1.29, 1.82) is 0 Å². The molecule has 0 spiro atoms. The summed E-state index contributed by atoms with van der Waals surface area (Å²) >= 11 is 0. The Bertz CT molecular complexity index is 988. The lowest BCUT2D eigenvalue weighted by Gasteiger charge is -2.13. The van der Waals surface area contributed by atoms with Crippen LogP contribution in [0.1, 0.15) is 18.9 Å². The van der Waals surface area contributed by atoms with Gasteiger partial charge in [-0.1, -0.05) is 13.0 Å². The van der Waals surface area contributed by atoms with E-state index in [1.165, 1.54) is 0 Å². The Morgan fingerprint density at radius 2 is 1.77 bits per heavy atom. The molecule has 0 atom stereocenters. The average Bonchev–Trinajstić information content (AvgIpc) is 2.66. The molecule has 3 aromatic rings. The molecule has 0 radical (unpaired) electrons. The first kappa shape index (κ1) is 17.9. The minimum Gasteiger partial charge on any atom is -0.493 e. The highest BCUT2D eigenvalue weighted by molar-refractivity contribution is 5.82. The third kappa shape index (κ3) is 3.25. The fourth-order valence-electron chi connectivity index (χ4n) is 2.79. The van der Waals surface area contributed by atoms with E-state index in [4.69, 9.17) is 18.6 Å². The topological polar surface area (TPSA) is 57.9 Å². The van der Waals surface area contributed by atoms with Crippen LogP contribution in [0.4, 0.5) is 0 Å². The van der Waals surface area contributed by atoms with Gasteiger partial charge in [0.05, 0.1) is 26.2 Å². The molecule has 2 aromatic carbocycles. The SMILES string of the molecule is CCCOc1c(-c2ccc(OC)c(OC)c2)oc2cc(C)ccc2c1=O. The third-order valence-electron chi connectivity index (χ3n) is 4.10. The van der Waals surface area contributed by atoms with E-state index in [0.717, 1.165) is 12.0 Å². The lowest BCUT2D eigenvalue weighted by molar-refractivity contribution is 0.309. The number of methoxy groups -OCH3 is 2. The molecule has 5 heteroatoms. The van der Waals surface area contributed by atoms with Gasteiger partial charge in [-0.2, -0.15) is 0 Å². The van der Waals surface area contributed by atoms with Gasteiger partial charge in [-0.3, -0.25) is 4.79 Å². The second-order valence-corrected chi connectivity index (χ2v) is 6.01. The molecular weight excluding hydrogens is 332 g/mol. The predicted octanol–water partition coefficient (Wildman–Crippen LogP) is 4.57. The van der Waals surface area contributed by atoms with E-state index in [1.807, 2.05) is 32.0 Å². The summed E-state index contributed by atoms with van der Waals surface area (Å²) in [7, 11) is 3.14. The number of rotatable bonds is 6. The second-order valence-electron chi connectivity index (χ2n) is 6.01. The van der Waals surface area contributed by atoms with Gasteiger partial charge in [0.1, 0.15) is 5.58 Å². The zero-order chi connectivity index (χ0) is 18.7. The van der Waals surface area contributed by atoms with Gasteiger partial charge in [-0.25, -0.2) is 0 Å². The quantitative estimate of drug-likeness (QED) is 0.649. The van der Waals surface area contributed by atoms with Crippen molar-refractivity contribution in [2.75, 3.05) is 20.8 Å². The van der Waals surface area contributed by atoms with Gasteiger partial charge in [0.2, 0.25) is 11.2 Å². The minimum atomic E-state index is -0.176. The standard InChI is InChI=1S/C21H22O5/c1-5-10-25-21-19(22)15-8-6-13(2)11-17(15)26-20(21)14-7-9-16(23-3)18(12-14)24-4/h6-9,11-12H,5,10H2,1-4H3. The Morgan fingerprint density at radius 1 is 1.00 bits per heavy atom. The molecule has 1 aromatic heterocycles. The van der Waals surface area contributed by atoms with Crippen molar-refractivity contribution < 1.29 is 18.6 Å². The second kappa shape index (κ2) is 7.52. The number of ether oxygens (including phenoxy) is 3. The van der Waals surface area contributed by atoms with E-state index >= 15 is 0 Å². The molecule has 5 nitrogen and oxygen atoms in total. The minimum absolute atomic E-state index is 0.176. The molecular formula is C21H22O5. The van der Waals surface area contributed by atoms with E-state index in [2.05, 4.69) is 0 Å². The number of benzene rings is 2. The lowest BCUT2D eigenvalue weighted by Crippen LogP contribution is -2.11. The Labute approximate surface area is 152 Å². The zero-order valence-electron chi connectivity index (χ0n) is 15.4. The highest BCUT2D eigenvalue weighted by Crippen LogP contribution is 2.36. The summed E-state index contributed by atoms with van der Waals surface area (Å²) in [6, 6.07) is 10.9. The average molecular weight is 354 g/mol. The zero-order valence-corrected chi connectivity index (χ0v) is 15.4. The molecule has 0 bridgehead atoms. The molecule has 0 saturated heterocycles. The van der Waals surface area contributed by atoms with Crippen LogP contribution >= 0.6 is 0 Å². The van der Waals surface area contributed by atoms with Crippen LogP contribution in [0.15, 0.2) is 45.6 Å². The highest BCUT2D eigenvalue weighted by Gasteiger charge is 2.19. The first-order chi connectivity index (χ1) is 12.6. The largest absolute Gasteiger partial charge is 0.493 e. The Morgan fingerprint density at radius 3 is 2.46 bits per heavy atom. The van der Waals surface area contributed by atoms with Crippen molar-refractivity contribution in [3.63, 3.8) is 0 Å². The molecule has 0 unspecified atom stereocenters. The van der Waals surface area contributed by atoms with E-state index in [0.29, 0.717) is 40.4 Å². The van der Waals surface area contributed by atoms with E-state index in [1.54, 1.807) is 32.4 Å². The summed E-state index contributed by atoms with van der Waals surface area (Å²) in [5.74, 6) is 1.77. The molecule has 26 heavy (non-hydrogen) atoms. The number of fused-ring (bicyclic) bond motifs is 1. The fourth-order valence-corrected chi connectivity index (χ4v) is 2.79. The van der Waals surface area contributed by atoms with Crippen LogP contribution in [0.5, 0.6) is 17.2 Å². The Hall–Kier alpha value is -2.95. The molecule has 0 aliphatic heterocycles. The van der Waals surface area contributed by atoms with E-state index in [-0.39, 0.29) is 11.2 Å². The Kier molecular flexibility index (Phi) is 5.16. The maximum atomic E-state index is 13.0. The van der Waals surface area contributed by atoms with Gasteiger partial charge in [-0.15, -0.1) is 0 Å². The van der Waals surface area contributed by atoms with E-state index < -0.39 is 0 Å². The summed E-state index contributed by atoms with van der Waals surface area (Å²) in [5, 5.41) is 0.505. The summed E-state index contributed by atoms with van der Waals surface area (Å²) in [4.78, 5) is 13.0. The Balaban J connectivity index is 2.27. The monoisotopic (exact) mass is 354 g/mol. The fraction of sp³-hybridized carbons (Fsp3) is 0.286. The van der Waals surface area contributed by atoms with Crippen molar-refractivity contribution in [2.24, 2.45) is 0 Å². The van der Waals surface area contributed by atoms with Gasteiger partial charge in [-0.05, 0) is 49.2 Å². The van der Waals surface area contributed by atoms with Crippen LogP contribution < -0.4 is 19.6 Å². The molecule has 1 heterocycles. The molecule has 0 aliphatic rings. The van der Waals surface area contributed by atoms with Crippen LogP contribution in [0.3, 0.4) is 0 Å². The van der Waals surface area contributed by atoms with Crippen LogP contribution in [0.2, 0.25) is 0 Å². The molecule has 0 N–H and O–H groups in total. The van der Waals surface area contributed by atoms with Gasteiger partial charge in [0, 0.05) is 5.56 Å². The summed E-state index contributed by atoms with van der Waals surface area (Å²) in [6.07, 6.45) is 0.788. The smallest absolute Gasteiger partial charge is 0.235 e. The predicted molar refractivity (Wildman–Crippen MR) is 102 cm³/mol. The van der Waals surface area contributed by atoms with Crippen LogP contribution in [-0.4, -0.2) is 20.8 Å². The molecule has 0 saturated carbocycles. The van der Waals surface area contributed by atoms with Crippen molar-refractivity contribution in [3.8, 4) is 28.6 Å².